The highest BCUT2D eigenvalue weighted by molar-refractivity contribution is 6.11. The van der Waals surface area contributed by atoms with Crippen molar-refractivity contribution in [2.24, 2.45) is 0 Å². The summed E-state index contributed by atoms with van der Waals surface area (Å²) in [5.41, 5.74) is 3.92. The van der Waals surface area contributed by atoms with E-state index in [4.69, 9.17) is 4.74 Å². The van der Waals surface area contributed by atoms with Gasteiger partial charge in [-0.15, -0.1) is 0 Å². The molecule has 21 heavy (non-hydrogen) atoms. The minimum atomic E-state index is 0.176. The standard InChI is InChI=1S/C16H23N3O2/c1-18(2)10-12-6-7-13-14(16(12)20)15(11-4-5-11)19(17-13)8-9-21-3/h10-11H,4-9H2,1-3H3. The Morgan fingerprint density at radius 1 is 1.38 bits per heavy atom. The van der Waals surface area contributed by atoms with E-state index in [1.807, 2.05) is 29.9 Å². The first-order chi connectivity index (χ1) is 10.1. The molecule has 0 spiro atoms. The van der Waals surface area contributed by atoms with Crippen LogP contribution in [0.25, 0.3) is 0 Å². The summed E-state index contributed by atoms with van der Waals surface area (Å²) in [4.78, 5) is 14.8. The van der Waals surface area contributed by atoms with Crippen molar-refractivity contribution in [2.75, 3.05) is 27.8 Å². The van der Waals surface area contributed by atoms with Gasteiger partial charge in [0.2, 0.25) is 0 Å². The van der Waals surface area contributed by atoms with E-state index in [1.54, 1.807) is 7.11 Å². The van der Waals surface area contributed by atoms with Crippen molar-refractivity contribution in [1.82, 2.24) is 14.7 Å². The normalized spacial score (nSPS) is 20.0. The van der Waals surface area contributed by atoms with E-state index in [-0.39, 0.29) is 5.78 Å². The maximum atomic E-state index is 12.8. The molecule has 3 rings (SSSR count). The lowest BCUT2D eigenvalue weighted by Gasteiger charge is -2.16. The van der Waals surface area contributed by atoms with Crippen LogP contribution in [0.1, 0.15) is 46.9 Å². The second-order valence-electron chi connectivity index (χ2n) is 6.14. The van der Waals surface area contributed by atoms with Crippen LogP contribution in [-0.4, -0.2) is 48.3 Å². The summed E-state index contributed by atoms with van der Waals surface area (Å²) in [6, 6.07) is 0. The molecule has 0 bridgehead atoms. The van der Waals surface area contributed by atoms with Crippen LogP contribution in [0.2, 0.25) is 0 Å². The Balaban J connectivity index is 1.99. The molecule has 114 valence electrons. The van der Waals surface area contributed by atoms with Gasteiger partial charge in [-0.2, -0.15) is 5.10 Å². The van der Waals surface area contributed by atoms with Gasteiger partial charge in [-0.25, -0.2) is 0 Å². The van der Waals surface area contributed by atoms with Gasteiger partial charge >= 0.3 is 0 Å². The molecule has 0 aromatic carbocycles. The molecule has 5 nitrogen and oxygen atoms in total. The lowest BCUT2D eigenvalue weighted by molar-refractivity contribution is 0.102. The number of aryl methyl sites for hydroxylation is 1. The van der Waals surface area contributed by atoms with Crippen molar-refractivity contribution >= 4 is 5.78 Å². The topological polar surface area (TPSA) is 47.4 Å². The van der Waals surface area contributed by atoms with E-state index in [2.05, 4.69) is 5.10 Å². The summed E-state index contributed by atoms with van der Waals surface area (Å²) < 4.78 is 7.19. The van der Waals surface area contributed by atoms with E-state index < -0.39 is 0 Å². The summed E-state index contributed by atoms with van der Waals surface area (Å²) in [6.45, 7) is 1.37. The molecule has 5 heteroatoms. The highest BCUT2D eigenvalue weighted by Crippen LogP contribution is 2.44. The van der Waals surface area contributed by atoms with Gasteiger partial charge in [0.25, 0.3) is 0 Å². The van der Waals surface area contributed by atoms with E-state index >= 15 is 0 Å². The Kier molecular flexibility index (Phi) is 3.85. The van der Waals surface area contributed by atoms with Gasteiger partial charge in [0.15, 0.2) is 5.78 Å². The molecule has 1 aromatic rings. The van der Waals surface area contributed by atoms with Crippen molar-refractivity contribution in [2.45, 2.75) is 38.1 Å². The molecule has 0 atom stereocenters. The largest absolute Gasteiger partial charge is 0.383 e. The first-order valence-corrected chi connectivity index (χ1v) is 7.62. The third-order valence-corrected chi connectivity index (χ3v) is 4.10. The number of carbonyl (C=O) groups is 1. The number of ketones is 1. The number of fused-ring (bicyclic) bond motifs is 1. The molecule has 1 heterocycles. The first kappa shape index (κ1) is 14.3. The van der Waals surface area contributed by atoms with Crippen molar-refractivity contribution < 1.29 is 9.53 Å². The van der Waals surface area contributed by atoms with Gasteiger partial charge in [-0.1, -0.05) is 0 Å². The number of carbonyl (C=O) groups excluding carboxylic acids is 1. The molecule has 0 saturated heterocycles. The average molecular weight is 289 g/mol. The molecule has 0 amide bonds. The lowest BCUT2D eigenvalue weighted by atomic mass is 9.89. The summed E-state index contributed by atoms with van der Waals surface area (Å²) >= 11 is 0. The number of hydrogen-bond acceptors (Lipinski definition) is 4. The zero-order chi connectivity index (χ0) is 15.0. The monoisotopic (exact) mass is 289 g/mol. The van der Waals surface area contributed by atoms with Crippen LogP contribution in [0.3, 0.4) is 0 Å². The Morgan fingerprint density at radius 2 is 2.14 bits per heavy atom. The number of allylic oxidation sites excluding steroid dienone is 1. The number of aromatic nitrogens is 2. The Hall–Kier alpha value is -1.62. The molecule has 0 aliphatic heterocycles. The van der Waals surface area contributed by atoms with Gasteiger partial charge in [-0.05, 0) is 25.7 Å². The number of rotatable bonds is 5. The molecule has 1 fully saturated rings. The number of ether oxygens (including phenoxy) is 1. The van der Waals surface area contributed by atoms with Crippen LogP contribution in [0.4, 0.5) is 0 Å². The minimum absolute atomic E-state index is 0.176. The molecule has 1 aromatic heterocycles. The van der Waals surface area contributed by atoms with Crippen LogP contribution in [0.15, 0.2) is 11.8 Å². The minimum Gasteiger partial charge on any atom is -0.383 e. The van der Waals surface area contributed by atoms with Gasteiger partial charge in [0, 0.05) is 38.9 Å². The Bertz CT molecular complexity index is 583. The highest BCUT2D eigenvalue weighted by Gasteiger charge is 2.37. The molecule has 0 N–H and O–H groups in total. The van der Waals surface area contributed by atoms with Crippen molar-refractivity contribution in [3.8, 4) is 0 Å². The maximum Gasteiger partial charge on any atom is 0.194 e. The van der Waals surface area contributed by atoms with Crippen molar-refractivity contribution in [3.05, 3.63) is 28.7 Å². The third kappa shape index (κ3) is 2.75. The first-order valence-electron chi connectivity index (χ1n) is 7.62. The smallest absolute Gasteiger partial charge is 0.194 e. The lowest BCUT2D eigenvalue weighted by Crippen LogP contribution is -2.17. The number of methoxy groups -OCH3 is 1. The number of nitrogens with zero attached hydrogens (tertiary/aromatic N) is 3. The average Bonchev–Trinajstić information content (AvgIpc) is 3.20. The zero-order valence-corrected chi connectivity index (χ0v) is 13.1. The molecular formula is C16H23N3O2. The summed E-state index contributed by atoms with van der Waals surface area (Å²) in [6.07, 6.45) is 5.94. The third-order valence-electron chi connectivity index (χ3n) is 4.10. The quantitative estimate of drug-likeness (QED) is 0.778. The van der Waals surface area contributed by atoms with Crippen LogP contribution in [0.5, 0.6) is 0 Å². The van der Waals surface area contributed by atoms with E-state index in [0.717, 1.165) is 41.9 Å². The van der Waals surface area contributed by atoms with Gasteiger partial charge in [-0.3, -0.25) is 9.48 Å². The number of hydrogen-bond donors (Lipinski definition) is 0. The van der Waals surface area contributed by atoms with Crippen LogP contribution >= 0.6 is 0 Å². The number of Topliss-reactive ketones (excluding diaryl/α,β-unsaturated/α-hetero) is 1. The van der Waals surface area contributed by atoms with Crippen LogP contribution < -0.4 is 0 Å². The fourth-order valence-corrected chi connectivity index (χ4v) is 3.03. The highest BCUT2D eigenvalue weighted by atomic mass is 16.5. The zero-order valence-electron chi connectivity index (χ0n) is 13.1. The maximum absolute atomic E-state index is 12.8. The summed E-state index contributed by atoms with van der Waals surface area (Å²) in [5.74, 6) is 0.691. The molecule has 0 radical (unpaired) electrons. The molecular weight excluding hydrogens is 266 g/mol. The van der Waals surface area contributed by atoms with Crippen LogP contribution in [0, 0.1) is 0 Å². The van der Waals surface area contributed by atoms with Crippen molar-refractivity contribution in [3.63, 3.8) is 0 Å². The Morgan fingerprint density at radius 3 is 2.76 bits per heavy atom. The fourth-order valence-electron chi connectivity index (χ4n) is 3.03. The van der Waals surface area contributed by atoms with E-state index in [1.165, 1.54) is 12.8 Å². The van der Waals surface area contributed by atoms with Gasteiger partial charge < -0.3 is 9.64 Å². The molecule has 2 aliphatic rings. The molecule has 0 unspecified atom stereocenters. The second kappa shape index (κ2) is 5.64. The molecule has 2 aliphatic carbocycles. The predicted molar refractivity (Wildman–Crippen MR) is 80.5 cm³/mol. The summed E-state index contributed by atoms with van der Waals surface area (Å²) in [5, 5.41) is 4.69. The summed E-state index contributed by atoms with van der Waals surface area (Å²) in [7, 11) is 5.61. The SMILES string of the molecule is COCCn1nc2c(c1C1CC1)C(=O)C(=CN(C)C)CC2. The van der Waals surface area contributed by atoms with Gasteiger partial charge in [0.05, 0.1) is 30.1 Å². The molecule has 1 saturated carbocycles. The van der Waals surface area contributed by atoms with Crippen LogP contribution in [-0.2, 0) is 17.7 Å². The van der Waals surface area contributed by atoms with E-state index in [0.29, 0.717) is 12.5 Å². The predicted octanol–water partition coefficient (Wildman–Crippen LogP) is 1.98. The van der Waals surface area contributed by atoms with Gasteiger partial charge in [0.1, 0.15) is 0 Å². The Labute approximate surface area is 125 Å². The fraction of sp³-hybridized carbons (Fsp3) is 0.625. The second-order valence-corrected chi connectivity index (χ2v) is 6.14. The van der Waals surface area contributed by atoms with Crippen molar-refractivity contribution in [1.29, 1.82) is 0 Å². The van der Waals surface area contributed by atoms with E-state index in [9.17, 15) is 4.79 Å².